The third-order valence-corrected chi connectivity index (χ3v) is 4.14. The first-order valence-corrected chi connectivity index (χ1v) is 9.62. The van der Waals surface area contributed by atoms with E-state index in [1.54, 1.807) is 30.4 Å². The molecule has 1 aromatic carbocycles. The molecule has 0 aliphatic carbocycles. The van der Waals surface area contributed by atoms with E-state index in [2.05, 4.69) is 34.2 Å². The van der Waals surface area contributed by atoms with Crippen molar-refractivity contribution in [1.82, 2.24) is 25.1 Å². The van der Waals surface area contributed by atoms with E-state index in [9.17, 15) is 4.79 Å². The molecule has 0 atom stereocenters. The van der Waals surface area contributed by atoms with Crippen molar-refractivity contribution in [2.45, 2.75) is 20.4 Å². The van der Waals surface area contributed by atoms with E-state index in [-0.39, 0.29) is 5.91 Å². The molecule has 8 heteroatoms. The van der Waals surface area contributed by atoms with Gasteiger partial charge in [-0.2, -0.15) is 5.10 Å². The number of nitrogens with one attached hydrogen (secondary N) is 1. The number of nitrogens with zero attached hydrogens (tertiary/aromatic N) is 4. The number of benzene rings is 1. The summed E-state index contributed by atoms with van der Waals surface area (Å²) < 4.78 is 12.7. The van der Waals surface area contributed by atoms with E-state index < -0.39 is 0 Å². The van der Waals surface area contributed by atoms with Gasteiger partial charge in [0.05, 0.1) is 13.7 Å². The zero-order valence-corrected chi connectivity index (χ0v) is 17.3. The molecule has 1 N–H and O–H groups in total. The van der Waals surface area contributed by atoms with Gasteiger partial charge in [0.15, 0.2) is 17.3 Å². The highest BCUT2D eigenvalue weighted by Gasteiger charge is 2.08. The van der Waals surface area contributed by atoms with E-state index in [0.717, 1.165) is 11.1 Å². The van der Waals surface area contributed by atoms with Crippen LogP contribution in [0.1, 0.15) is 25.0 Å². The fraction of sp³-hybridized carbons (Fsp3) is 0.273. The lowest BCUT2D eigenvalue weighted by atomic mass is 10.2. The smallest absolute Gasteiger partial charge is 0.244 e. The minimum atomic E-state index is -0.220. The molecule has 0 bridgehead atoms. The third kappa shape index (κ3) is 5.66. The van der Waals surface area contributed by atoms with Gasteiger partial charge in [0.1, 0.15) is 12.7 Å². The highest BCUT2D eigenvalue weighted by molar-refractivity contribution is 5.91. The van der Waals surface area contributed by atoms with E-state index in [4.69, 9.17) is 9.47 Å². The Balaban J connectivity index is 1.62. The number of ether oxygens (including phenoxy) is 2. The second kappa shape index (κ2) is 10.2. The Morgan fingerprint density at radius 3 is 2.87 bits per heavy atom. The number of carbonyl (C=O) groups excluding carboxylic acids is 1. The van der Waals surface area contributed by atoms with Gasteiger partial charge in [-0.3, -0.25) is 4.79 Å². The number of rotatable bonds is 9. The highest BCUT2D eigenvalue weighted by atomic mass is 16.5. The molecule has 0 spiro atoms. The average Bonchev–Trinajstić information content (AvgIpc) is 3.30. The van der Waals surface area contributed by atoms with Crippen molar-refractivity contribution in [3.05, 3.63) is 66.4 Å². The predicted molar refractivity (Wildman–Crippen MR) is 113 cm³/mol. The van der Waals surface area contributed by atoms with Crippen LogP contribution in [0.15, 0.2) is 55.3 Å². The van der Waals surface area contributed by atoms with Crippen molar-refractivity contribution in [2.24, 2.45) is 5.92 Å². The monoisotopic (exact) mass is 407 g/mol. The van der Waals surface area contributed by atoms with Crippen LogP contribution in [0.4, 0.5) is 0 Å². The van der Waals surface area contributed by atoms with Crippen LogP contribution < -0.4 is 14.8 Å². The lowest BCUT2D eigenvalue weighted by Crippen LogP contribution is -2.21. The molecule has 0 unspecified atom stereocenters. The fourth-order valence-corrected chi connectivity index (χ4v) is 2.67. The second-order valence-electron chi connectivity index (χ2n) is 6.99. The summed E-state index contributed by atoms with van der Waals surface area (Å²) in [6.07, 6.45) is 7.88. The minimum Gasteiger partial charge on any atom is -0.493 e. The van der Waals surface area contributed by atoms with Crippen LogP contribution in [0.2, 0.25) is 0 Å². The van der Waals surface area contributed by atoms with Gasteiger partial charge in [0.25, 0.3) is 0 Å². The lowest BCUT2D eigenvalue weighted by molar-refractivity contribution is -0.116. The van der Waals surface area contributed by atoms with Crippen molar-refractivity contribution in [3.8, 4) is 17.3 Å². The summed E-state index contributed by atoms with van der Waals surface area (Å²) in [7, 11) is 1.60. The van der Waals surface area contributed by atoms with Crippen LogP contribution in [0, 0.1) is 5.92 Å². The standard InChI is InChI=1S/C22H25N5O3/c1-16(2)13-30-19-8-6-17(11-20(19)29-3)7-9-21(28)25-12-18-5-4-10-24-22(18)27-15-23-14-26-27/h4-11,14-16H,12-13H2,1-3H3,(H,25,28)/b9-7+. The summed E-state index contributed by atoms with van der Waals surface area (Å²) in [6.45, 7) is 5.10. The van der Waals surface area contributed by atoms with E-state index in [1.807, 2.05) is 30.3 Å². The van der Waals surface area contributed by atoms with Gasteiger partial charge in [-0.1, -0.05) is 26.0 Å². The molecule has 1 amide bonds. The molecule has 0 saturated carbocycles. The first-order valence-electron chi connectivity index (χ1n) is 9.62. The Bertz CT molecular complexity index is 1000. The molecule has 3 rings (SSSR count). The third-order valence-electron chi connectivity index (χ3n) is 4.14. The summed E-state index contributed by atoms with van der Waals surface area (Å²) in [5.41, 5.74) is 1.67. The SMILES string of the molecule is COc1cc(/C=C/C(=O)NCc2cccnc2-n2cncn2)ccc1OCC(C)C. The van der Waals surface area contributed by atoms with Crippen LogP contribution in [-0.4, -0.2) is 39.4 Å². The molecule has 0 radical (unpaired) electrons. The molecule has 0 fully saturated rings. The number of hydrogen-bond acceptors (Lipinski definition) is 6. The summed E-state index contributed by atoms with van der Waals surface area (Å²) in [5.74, 6) is 2.14. The lowest BCUT2D eigenvalue weighted by Gasteiger charge is -2.12. The van der Waals surface area contributed by atoms with Gasteiger partial charge in [0, 0.05) is 24.4 Å². The largest absolute Gasteiger partial charge is 0.493 e. The Labute approximate surface area is 175 Å². The van der Waals surface area contributed by atoms with Crippen LogP contribution in [-0.2, 0) is 11.3 Å². The topological polar surface area (TPSA) is 91.2 Å². The van der Waals surface area contributed by atoms with Crippen LogP contribution in [0.5, 0.6) is 11.5 Å². The number of hydrogen-bond donors (Lipinski definition) is 1. The molecule has 30 heavy (non-hydrogen) atoms. The summed E-state index contributed by atoms with van der Waals surface area (Å²) in [5, 5.41) is 6.95. The molecular weight excluding hydrogens is 382 g/mol. The highest BCUT2D eigenvalue weighted by Crippen LogP contribution is 2.29. The van der Waals surface area contributed by atoms with Gasteiger partial charge in [0.2, 0.25) is 5.91 Å². The average molecular weight is 407 g/mol. The van der Waals surface area contributed by atoms with Crippen LogP contribution >= 0.6 is 0 Å². The quantitative estimate of drug-likeness (QED) is 0.548. The number of carbonyl (C=O) groups is 1. The predicted octanol–water partition coefficient (Wildman–Crippen LogP) is 3.04. The Morgan fingerprint density at radius 1 is 1.27 bits per heavy atom. The first kappa shape index (κ1) is 21.0. The van der Waals surface area contributed by atoms with Gasteiger partial charge in [-0.05, 0) is 35.8 Å². The molecule has 0 aliphatic heterocycles. The second-order valence-corrected chi connectivity index (χ2v) is 6.99. The van der Waals surface area contributed by atoms with Gasteiger partial charge in [-0.25, -0.2) is 14.6 Å². The molecule has 8 nitrogen and oxygen atoms in total. The van der Waals surface area contributed by atoms with Crippen molar-refractivity contribution < 1.29 is 14.3 Å². The molecule has 0 aliphatic rings. The maximum Gasteiger partial charge on any atom is 0.244 e. The van der Waals surface area contributed by atoms with Gasteiger partial charge >= 0.3 is 0 Å². The molecule has 3 aromatic rings. The van der Waals surface area contributed by atoms with Crippen LogP contribution in [0.3, 0.4) is 0 Å². The molecular formula is C22H25N5O3. The van der Waals surface area contributed by atoms with E-state index >= 15 is 0 Å². The Kier molecular flexibility index (Phi) is 7.15. The zero-order chi connectivity index (χ0) is 21.3. The molecule has 2 heterocycles. The van der Waals surface area contributed by atoms with E-state index in [0.29, 0.717) is 36.4 Å². The maximum absolute atomic E-state index is 12.3. The normalized spacial score (nSPS) is 11.1. The number of pyridine rings is 1. The minimum absolute atomic E-state index is 0.220. The van der Waals surface area contributed by atoms with Crippen molar-refractivity contribution >= 4 is 12.0 Å². The maximum atomic E-state index is 12.3. The van der Waals surface area contributed by atoms with Crippen molar-refractivity contribution in [3.63, 3.8) is 0 Å². The first-order chi connectivity index (χ1) is 14.6. The number of methoxy groups -OCH3 is 1. The molecule has 2 aromatic heterocycles. The zero-order valence-electron chi connectivity index (χ0n) is 17.3. The summed E-state index contributed by atoms with van der Waals surface area (Å²) in [4.78, 5) is 20.5. The Hall–Kier alpha value is -3.68. The number of amides is 1. The fourth-order valence-electron chi connectivity index (χ4n) is 2.67. The van der Waals surface area contributed by atoms with E-state index in [1.165, 1.54) is 12.4 Å². The van der Waals surface area contributed by atoms with Crippen LogP contribution in [0.25, 0.3) is 11.9 Å². The van der Waals surface area contributed by atoms with Crippen molar-refractivity contribution in [2.75, 3.05) is 13.7 Å². The van der Waals surface area contributed by atoms with Gasteiger partial charge < -0.3 is 14.8 Å². The Morgan fingerprint density at radius 2 is 2.13 bits per heavy atom. The molecule has 0 saturated heterocycles. The summed E-state index contributed by atoms with van der Waals surface area (Å²) in [6, 6.07) is 9.26. The number of aromatic nitrogens is 4. The van der Waals surface area contributed by atoms with Gasteiger partial charge in [-0.15, -0.1) is 0 Å². The molecule has 156 valence electrons. The summed E-state index contributed by atoms with van der Waals surface area (Å²) >= 11 is 0. The van der Waals surface area contributed by atoms with Crippen molar-refractivity contribution in [1.29, 1.82) is 0 Å².